The van der Waals surface area contributed by atoms with Crippen LogP contribution in [0.15, 0.2) is 30.8 Å². The molecule has 0 amide bonds. The van der Waals surface area contributed by atoms with Crippen LogP contribution in [-0.2, 0) is 4.79 Å². The molecule has 0 aliphatic rings. The fourth-order valence-corrected chi connectivity index (χ4v) is 1.24. The fraction of sp³-hybridized carbons (Fsp3) is 0.231. The average Bonchev–Trinajstić information content (AvgIpc) is 2.27. The summed E-state index contributed by atoms with van der Waals surface area (Å²) in [6.45, 7) is 7.32. The van der Waals surface area contributed by atoms with Crippen LogP contribution in [0.2, 0.25) is 0 Å². The minimum absolute atomic E-state index is 0.140. The highest BCUT2D eigenvalue weighted by molar-refractivity contribution is 6.05. The van der Waals surface area contributed by atoms with Gasteiger partial charge in [0.1, 0.15) is 6.29 Å². The van der Waals surface area contributed by atoms with E-state index >= 15 is 0 Å². The highest BCUT2D eigenvalue weighted by atomic mass is 16.1. The summed E-state index contributed by atoms with van der Waals surface area (Å²) in [7, 11) is 0. The molecule has 0 aliphatic heterocycles. The van der Waals surface area contributed by atoms with Gasteiger partial charge in [-0.25, -0.2) is 0 Å². The van der Waals surface area contributed by atoms with E-state index in [9.17, 15) is 9.59 Å². The smallest absolute Gasteiger partial charge is 0.172 e. The quantitative estimate of drug-likeness (QED) is 0.427. The van der Waals surface area contributed by atoms with E-state index in [1.54, 1.807) is 19.1 Å². The van der Waals surface area contributed by atoms with Gasteiger partial charge in [0.15, 0.2) is 5.78 Å². The van der Waals surface area contributed by atoms with E-state index in [1.807, 2.05) is 19.1 Å². The van der Waals surface area contributed by atoms with Crippen molar-refractivity contribution in [3.05, 3.63) is 42.0 Å². The zero-order chi connectivity index (χ0) is 11.4. The van der Waals surface area contributed by atoms with Gasteiger partial charge in [-0.05, 0) is 19.4 Å². The molecule has 0 aliphatic carbocycles. The topological polar surface area (TPSA) is 34.1 Å². The summed E-state index contributed by atoms with van der Waals surface area (Å²) in [6, 6.07) is 7.14. The summed E-state index contributed by atoms with van der Waals surface area (Å²) in [6.07, 6.45) is 0.662. The molecule has 0 radical (unpaired) electrons. The number of hydrogen-bond acceptors (Lipinski definition) is 2. The largest absolute Gasteiger partial charge is 0.303 e. The molecule has 0 fully saturated rings. The molecule has 1 atom stereocenters. The Morgan fingerprint density at radius 2 is 1.73 bits per heavy atom. The molecule has 0 saturated carbocycles. The number of aldehydes is 1. The Morgan fingerprint density at radius 3 is 2.13 bits per heavy atom. The van der Waals surface area contributed by atoms with Crippen LogP contribution < -0.4 is 0 Å². The number of rotatable bonds is 4. The molecule has 2 nitrogen and oxygen atoms in total. The molecule has 0 spiro atoms. The number of allylic oxidation sites excluding steroid dienone is 1. The third-order valence-electron chi connectivity index (χ3n) is 2.28. The highest BCUT2D eigenvalue weighted by Gasteiger charge is 2.13. The normalized spacial score (nSPS) is 11.9. The second-order valence-corrected chi connectivity index (χ2v) is 3.65. The molecular formula is C13H14O2. The van der Waals surface area contributed by atoms with Crippen LogP contribution in [0, 0.1) is 5.92 Å². The van der Waals surface area contributed by atoms with Crippen molar-refractivity contribution in [2.24, 2.45) is 5.92 Å². The summed E-state index contributed by atoms with van der Waals surface area (Å²) >= 11 is 0. The van der Waals surface area contributed by atoms with Crippen LogP contribution in [-0.4, -0.2) is 12.1 Å². The van der Waals surface area contributed by atoms with Gasteiger partial charge in [-0.2, -0.15) is 0 Å². The monoisotopic (exact) mass is 202 g/mol. The Morgan fingerprint density at radius 1 is 1.27 bits per heavy atom. The number of ketones is 1. The van der Waals surface area contributed by atoms with Gasteiger partial charge in [0.2, 0.25) is 0 Å². The molecule has 0 bridgehead atoms. The summed E-state index contributed by atoms with van der Waals surface area (Å²) in [5.74, 6) is -0.709. The zero-order valence-corrected chi connectivity index (χ0v) is 8.99. The van der Waals surface area contributed by atoms with Crippen LogP contribution >= 0.6 is 0 Å². The lowest BCUT2D eigenvalue weighted by Crippen LogP contribution is -2.12. The van der Waals surface area contributed by atoms with Gasteiger partial charge in [-0.3, -0.25) is 4.79 Å². The Hall–Kier alpha value is -1.70. The van der Waals surface area contributed by atoms with Gasteiger partial charge in [0.25, 0.3) is 0 Å². The fourth-order valence-electron chi connectivity index (χ4n) is 1.24. The van der Waals surface area contributed by atoms with Crippen LogP contribution in [0.25, 0.3) is 5.57 Å². The molecular weight excluding hydrogens is 188 g/mol. The Labute approximate surface area is 89.6 Å². The van der Waals surface area contributed by atoms with Crippen molar-refractivity contribution < 1.29 is 9.59 Å². The van der Waals surface area contributed by atoms with Crippen molar-refractivity contribution in [3.8, 4) is 0 Å². The molecule has 15 heavy (non-hydrogen) atoms. The SMILES string of the molecule is C=C(C)c1ccc(C(=O)C(C)C=O)cc1. The molecule has 1 rings (SSSR count). The Bertz CT molecular complexity index is 388. The van der Waals surface area contributed by atoms with Crippen molar-refractivity contribution in [3.63, 3.8) is 0 Å². The Kier molecular flexibility index (Phi) is 3.56. The number of Topliss-reactive ketones (excluding diaryl/α,β-unsaturated/α-hetero) is 1. The average molecular weight is 202 g/mol. The van der Waals surface area contributed by atoms with Crippen molar-refractivity contribution in [2.75, 3.05) is 0 Å². The lowest BCUT2D eigenvalue weighted by Gasteiger charge is -2.04. The first-order valence-corrected chi connectivity index (χ1v) is 4.81. The third kappa shape index (κ3) is 2.62. The van der Waals surface area contributed by atoms with E-state index in [1.165, 1.54) is 0 Å². The molecule has 0 saturated heterocycles. The summed E-state index contributed by atoms with van der Waals surface area (Å²) in [5, 5.41) is 0. The number of carbonyl (C=O) groups excluding carboxylic acids is 2. The molecule has 1 aromatic rings. The van der Waals surface area contributed by atoms with E-state index < -0.39 is 5.92 Å². The lowest BCUT2D eigenvalue weighted by molar-refractivity contribution is -0.109. The zero-order valence-electron chi connectivity index (χ0n) is 8.99. The van der Waals surface area contributed by atoms with Crippen LogP contribution in [0.4, 0.5) is 0 Å². The van der Waals surface area contributed by atoms with Gasteiger partial charge in [0, 0.05) is 5.56 Å². The maximum absolute atomic E-state index is 11.6. The maximum Gasteiger partial charge on any atom is 0.172 e. The van der Waals surface area contributed by atoms with Gasteiger partial charge >= 0.3 is 0 Å². The third-order valence-corrected chi connectivity index (χ3v) is 2.28. The first-order chi connectivity index (χ1) is 7.06. The lowest BCUT2D eigenvalue weighted by atomic mass is 9.98. The van der Waals surface area contributed by atoms with Crippen molar-refractivity contribution >= 4 is 17.6 Å². The van der Waals surface area contributed by atoms with Crippen molar-refractivity contribution in [2.45, 2.75) is 13.8 Å². The van der Waals surface area contributed by atoms with Crippen LogP contribution in [0.1, 0.15) is 29.8 Å². The predicted molar refractivity (Wildman–Crippen MR) is 60.7 cm³/mol. The molecule has 1 unspecified atom stereocenters. The summed E-state index contributed by atoms with van der Waals surface area (Å²) in [4.78, 5) is 22.1. The molecule has 78 valence electrons. The second-order valence-electron chi connectivity index (χ2n) is 3.65. The first kappa shape index (κ1) is 11.4. The van der Waals surface area contributed by atoms with Crippen LogP contribution in [0.3, 0.4) is 0 Å². The minimum atomic E-state index is -0.569. The van der Waals surface area contributed by atoms with E-state index in [-0.39, 0.29) is 5.78 Å². The van der Waals surface area contributed by atoms with Gasteiger partial charge in [-0.1, -0.05) is 36.4 Å². The van der Waals surface area contributed by atoms with Crippen LogP contribution in [0.5, 0.6) is 0 Å². The molecule has 0 heterocycles. The maximum atomic E-state index is 11.6. The van der Waals surface area contributed by atoms with Gasteiger partial charge in [0.05, 0.1) is 5.92 Å². The van der Waals surface area contributed by atoms with Gasteiger partial charge < -0.3 is 4.79 Å². The summed E-state index contributed by atoms with van der Waals surface area (Å²) in [5.41, 5.74) is 2.53. The standard InChI is InChI=1S/C13H14O2/c1-9(2)11-4-6-12(7-5-11)13(15)10(3)8-14/h4-8,10H,1H2,2-3H3. The highest BCUT2D eigenvalue weighted by Crippen LogP contribution is 2.14. The number of benzene rings is 1. The number of carbonyl (C=O) groups is 2. The van der Waals surface area contributed by atoms with E-state index in [0.29, 0.717) is 11.8 Å². The predicted octanol–water partition coefficient (Wildman–Crippen LogP) is 2.74. The van der Waals surface area contributed by atoms with E-state index in [2.05, 4.69) is 6.58 Å². The Balaban J connectivity index is 2.94. The van der Waals surface area contributed by atoms with Gasteiger partial charge in [-0.15, -0.1) is 0 Å². The van der Waals surface area contributed by atoms with Crippen molar-refractivity contribution in [1.29, 1.82) is 0 Å². The second kappa shape index (κ2) is 4.69. The minimum Gasteiger partial charge on any atom is -0.303 e. The van der Waals surface area contributed by atoms with E-state index in [0.717, 1.165) is 11.1 Å². The van der Waals surface area contributed by atoms with E-state index in [4.69, 9.17) is 0 Å². The molecule has 2 heteroatoms. The molecule has 1 aromatic carbocycles. The molecule has 0 aromatic heterocycles. The summed E-state index contributed by atoms with van der Waals surface area (Å²) < 4.78 is 0. The van der Waals surface area contributed by atoms with Crippen molar-refractivity contribution in [1.82, 2.24) is 0 Å². The molecule has 0 N–H and O–H groups in total. The number of hydrogen-bond donors (Lipinski definition) is 0. The first-order valence-electron chi connectivity index (χ1n) is 4.81.